The van der Waals surface area contributed by atoms with Crippen LogP contribution in [0.1, 0.15) is 108 Å². The van der Waals surface area contributed by atoms with Crippen molar-refractivity contribution in [3.05, 3.63) is 40.3 Å². The van der Waals surface area contributed by atoms with E-state index in [1.807, 2.05) is 28.8 Å². The summed E-state index contributed by atoms with van der Waals surface area (Å²) in [6.07, 6.45) is 16.3. The van der Waals surface area contributed by atoms with Crippen LogP contribution in [-0.4, -0.2) is 56.5 Å². The van der Waals surface area contributed by atoms with E-state index in [1.165, 1.54) is 77.7 Å². The van der Waals surface area contributed by atoms with Crippen LogP contribution in [0.3, 0.4) is 0 Å². The fourth-order valence-electron chi connectivity index (χ4n) is 7.35. The Morgan fingerprint density at radius 3 is 2.21 bits per heavy atom. The highest BCUT2D eigenvalue weighted by molar-refractivity contribution is 6.00. The van der Waals surface area contributed by atoms with Crippen molar-refractivity contribution in [2.75, 3.05) is 7.11 Å². The van der Waals surface area contributed by atoms with Crippen LogP contribution in [0.15, 0.2) is 34.2 Å². The molecule has 2 aromatic rings. The number of aliphatic carboxylic acids is 1. The van der Waals surface area contributed by atoms with E-state index in [4.69, 9.17) is 4.84 Å². The van der Waals surface area contributed by atoms with Crippen LogP contribution >= 0.6 is 0 Å². The van der Waals surface area contributed by atoms with Gasteiger partial charge in [0.15, 0.2) is 5.69 Å². The van der Waals surface area contributed by atoms with Gasteiger partial charge < -0.3 is 14.5 Å². The van der Waals surface area contributed by atoms with Crippen molar-refractivity contribution < 1.29 is 14.7 Å². The topological polar surface area (TPSA) is 97.0 Å². The molecule has 2 unspecified atom stereocenters. The van der Waals surface area contributed by atoms with Gasteiger partial charge in [-0.05, 0) is 50.7 Å². The highest BCUT2D eigenvalue weighted by atomic mass is 16.6. The number of para-hydroxylation sites is 2. The number of hydrogen-bond acceptors (Lipinski definition) is 6. The molecule has 1 saturated carbocycles. The van der Waals surface area contributed by atoms with E-state index in [0.717, 1.165) is 23.9 Å². The van der Waals surface area contributed by atoms with Gasteiger partial charge >= 0.3 is 5.97 Å². The van der Waals surface area contributed by atoms with E-state index in [1.54, 1.807) is 0 Å². The lowest BCUT2D eigenvalue weighted by Gasteiger charge is -2.53. The molecule has 8 nitrogen and oxygen atoms in total. The van der Waals surface area contributed by atoms with Crippen LogP contribution in [0.4, 0.5) is 0 Å². The molecule has 3 heterocycles. The predicted molar refractivity (Wildman–Crippen MR) is 149 cm³/mol. The Hall–Kier alpha value is -2.74. The Bertz CT molecular complexity index is 1180. The maximum Gasteiger partial charge on any atom is 0.303 e. The number of piperidine rings is 2. The van der Waals surface area contributed by atoms with Gasteiger partial charge in [-0.25, -0.2) is 4.98 Å². The first-order valence-electron chi connectivity index (χ1n) is 14.7. The highest BCUT2D eigenvalue weighted by Gasteiger charge is 2.42. The summed E-state index contributed by atoms with van der Waals surface area (Å²) < 4.78 is 1.95. The second-order valence-electron chi connectivity index (χ2n) is 11.4. The predicted octanol–water partition coefficient (Wildman–Crippen LogP) is 5.67. The number of rotatable bonds is 7. The lowest BCUT2D eigenvalue weighted by molar-refractivity contribution is -0.136. The molecule has 206 valence electrons. The fourth-order valence-corrected chi connectivity index (χ4v) is 7.35. The molecular weight excluding hydrogens is 480 g/mol. The van der Waals surface area contributed by atoms with E-state index in [9.17, 15) is 14.7 Å². The van der Waals surface area contributed by atoms with Gasteiger partial charge in [0.25, 0.3) is 5.56 Å². The number of carboxylic acid groups (broad SMARTS) is 1. The molecule has 3 aliphatic rings. The molecule has 2 saturated heterocycles. The van der Waals surface area contributed by atoms with Crippen molar-refractivity contribution >= 4 is 22.7 Å². The molecule has 1 aromatic carbocycles. The summed E-state index contributed by atoms with van der Waals surface area (Å²) in [4.78, 5) is 37.9. The van der Waals surface area contributed by atoms with Crippen molar-refractivity contribution in [3.63, 3.8) is 0 Å². The lowest BCUT2D eigenvalue weighted by Crippen LogP contribution is -2.57. The summed E-state index contributed by atoms with van der Waals surface area (Å²) in [6, 6.07) is 9.54. The van der Waals surface area contributed by atoms with Crippen LogP contribution in [0.25, 0.3) is 11.0 Å². The number of aromatic nitrogens is 2. The van der Waals surface area contributed by atoms with E-state index in [2.05, 4.69) is 15.0 Å². The second kappa shape index (κ2) is 12.4. The second-order valence-corrected chi connectivity index (χ2v) is 11.4. The number of carbonyl (C=O) groups is 1. The molecule has 5 rings (SSSR count). The number of oxime groups is 1. The quantitative estimate of drug-likeness (QED) is 0.372. The number of fused-ring (bicyclic) bond motifs is 3. The van der Waals surface area contributed by atoms with Gasteiger partial charge in [0, 0.05) is 30.6 Å². The third-order valence-electron chi connectivity index (χ3n) is 8.96. The van der Waals surface area contributed by atoms with Gasteiger partial charge in [0.2, 0.25) is 0 Å². The normalized spacial score (nSPS) is 25.9. The Labute approximate surface area is 225 Å². The SMILES string of the molecule is CON=C(CCC(=O)O)c1nc2ccccc2n(C2CC3CCCC(C2)N3C2CCCCCCCC2)c1=O. The van der Waals surface area contributed by atoms with Crippen molar-refractivity contribution in [1.29, 1.82) is 0 Å². The Morgan fingerprint density at radius 2 is 1.55 bits per heavy atom. The average Bonchev–Trinajstić information content (AvgIpc) is 3.04. The van der Waals surface area contributed by atoms with Gasteiger partial charge in [0.05, 0.1) is 17.5 Å². The zero-order valence-electron chi connectivity index (χ0n) is 22.7. The summed E-state index contributed by atoms with van der Waals surface area (Å²) in [5.74, 6) is -0.944. The van der Waals surface area contributed by atoms with Gasteiger partial charge in [0.1, 0.15) is 12.8 Å². The smallest absolute Gasteiger partial charge is 0.303 e. The zero-order chi connectivity index (χ0) is 26.5. The van der Waals surface area contributed by atoms with Gasteiger partial charge in [-0.15, -0.1) is 0 Å². The zero-order valence-corrected chi connectivity index (χ0v) is 22.7. The van der Waals surface area contributed by atoms with Gasteiger partial charge in [-0.1, -0.05) is 62.2 Å². The Kier molecular flexibility index (Phi) is 8.77. The molecule has 1 aliphatic carbocycles. The molecule has 1 aromatic heterocycles. The van der Waals surface area contributed by atoms with Crippen LogP contribution in [0.2, 0.25) is 0 Å². The first-order valence-corrected chi connectivity index (χ1v) is 14.7. The number of hydrogen-bond donors (Lipinski definition) is 1. The molecule has 38 heavy (non-hydrogen) atoms. The molecule has 0 spiro atoms. The van der Waals surface area contributed by atoms with E-state index in [0.29, 0.717) is 23.8 Å². The maximum absolute atomic E-state index is 14.1. The third kappa shape index (κ3) is 5.80. The van der Waals surface area contributed by atoms with Crippen LogP contribution in [-0.2, 0) is 9.63 Å². The first-order chi connectivity index (χ1) is 18.6. The first kappa shape index (κ1) is 26.9. The maximum atomic E-state index is 14.1. The molecule has 2 atom stereocenters. The Balaban J connectivity index is 1.50. The number of nitrogens with zero attached hydrogens (tertiary/aromatic N) is 4. The summed E-state index contributed by atoms with van der Waals surface area (Å²) in [6.45, 7) is 0. The molecular formula is C30H42N4O4. The molecule has 2 aliphatic heterocycles. The Morgan fingerprint density at radius 1 is 0.921 bits per heavy atom. The average molecular weight is 523 g/mol. The van der Waals surface area contributed by atoms with Gasteiger partial charge in [-0.2, -0.15) is 0 Å². The van der Waals surface area contributed by atoms with Crippen molar-refractivity contribution in [2.24, 2.45) is 5.16 Å². The lowest BCUT2D eigenvalue weighted by atomic mass is 9.79. The third-order valence-corrected chi connectivity index (χ3v) is 8.96. The minimum absolute atomic E-state index is 0.0836. The van der Waals surface area contributed by atoms with Crippen LogP contribution in [0.5, 0.6) is 0 Å². The molecule has 1 N–H and O–H groups in total. The monoisotopic (exact) mass is 522 g/mol. The summed E-state index contributed by atoms with van der Waals surface area (Å²) >= 11 is 0. The van der Waals surface area contributed by atoms with Crippen molar-refractivity contribution in [3.8, 4) is 0 Å². The molecule has 3 fully saturated rings. The van der Waals surface area contributed by atoms with Gasteiger partial charge in [-0.3, -0.25) is 14.5 Å². The molecule has 0 radical (unpaired) electrons. The van der Waals surface area contributed by atoms with Crippen LogP contribution in [0, 0.1) is 0 Å². The molecule has 8 heteroatoms. The summed E-state index contributed by atoms with van der Waals surface area (Å²) in [7, 11) is 1.41. The number of carboxylic acids is 1. The van der Waals surface area contributed by atoms with E-state index < -0.39 is 5.97 Å². The minimum atomic E-state index is -0.944. The standard InChI is InChI=1S/C30H42N4O4/c1-38-32-26(17-18-28(35)36)29-30(37)34(27-16-9-8-15-25(27)31-29)24-19-22-13-10-14-23(20-24)33(22)21-11-6-4-2-3-5-7-12-21/h8-9,15-16,21-24H,2-7,10-14,17-20H2,1H3,(H,35,36). The van der Waals surface area contributed by atoms with Crippen molar-refractivity contribution in [1.82, 2.24) is 14.5 Å². The summed E-state index contributed by atoms with van der Waals surface area (Å²) in [5, 5.41) is 13.3. The molecule has 2 bridgehead atoms. The summed E-state index contributed by atoms with van der Waals surface area (Å²) in [5.41, 5.74) is 1.88. The number of benzene rings is 1. The fraction of sp³-hybridized carbons (Fsp3) is 0.667. The minimum Gasteiger partial charge on any atom is -0.481 e. The highest BCUT2D eigenvalue weighted by Crippen LogP contribution is 2.42. The van der Waals surface area contributed by atoms with Crippen LogP contribution < -0.4 is 5.56 Å². The van der Waals surface area contributed by atoms with E-state index in [-0.39, 0.29) is 30.1 Å². The van der Waals surface area contributed by atoms with Crippen molar-refractivity contribution in [2.45, 2.75) is 120 Å². The van der Waals surface area contributed by atoms with E-state index >= 15 is 0 Å². The largest absolute Gasteiger partial charge is 0.481 e. The molecule has 0 amide bonds.